The summed E-state index contributed by atoms with van der Waals surface area (Å²) in [6.45, 7) is 4.43. The maximum Gasteiger partial charge on any atom is 0.137 e. The summed E-state index contributed by atoms with van der Waals surface area (Å²) in [5, 5.41) is 3.73. The summed E-state index contributed by atoms with van der Waals surface area (Å²) in [7, 11) is 0. The third kappa shape index (κ3) is 2.48. The molecule has 0 aromatic carbocycles. The number of aromatic nitrogens is 3. The van der Waals surface area contributed by atoms with Gasteiger partial charge in [0.15, 0.2) is 0 Å². The first-order chi connectivity index (χ1) is 7.66. The highest BCUT2D eigenvalue weighted by Gasteiger charge is 2.07. The average molecular weight is 255 g/mol. The van der Waals surface area contributed by atoms with E-state index in [1.54, 1.807) is 11.3 Å². The van der Waals surface area contributed by atoms with Gasteiger partial charge >= 0.3 is 0 Å². The summed E-state index contributed by atoms with van der Waals surface area (Å²) in [6, 6.07) is 0. The van der Waals surface area contributed by atoms with Crippen LogP contribution in [-0.2, 0) is 6.54 Å². The molecular formula is C10H11ClN4S. The molecule has 2 aromatic heterocycles. The topological polar surface area (TPSA) is 50.7 Å². The van der Waals surface area contributed by atoms with Gasteiger partial charge in [0, 0.05) is 16.6 Å². The van der Waals surface area contributed by atoms with E-state index >= 15 is 0 Å². The zero-order valence-electron chi connectivity index (χ0n) is 8.99. The third-order valence-corrected chi connectivity index (χ3v) is 3.26. The van der Waals surface area contributed by atoms with E-state index in [4.69, 9.17) is 11.6 Å². The summed E-state index contributed by atoms with van der Waals surface area (Å²) in [5.74, 6) is 1.45. The predicted octanol–water partition coefficient (Wildman–Crippen LogP) is 2.82. The average Bonchev–Trinajstić information content (AvgIpc) is 2.74. The van der Waals surface area contributed by atoms with Crippen LogP contribution < -0.4 is 5.32 Å². The fourth-order valence-corrected chi connectivity index (χ4v) is 2.01. The molecule has 2 aromatic rings. The lowest BCUT2D eigenvalue weighted by Gasteiger charge is -2.08. The van der Waals surface area contributed by atoms with Crippen molar-refractivity contribution >= 4 is 28.8 Å². The van der Waals surface area contributed by atoms with Gasteiger partial charge in [0.1, 0.15) is 16.8 Å². The van der Waals surface area contributed by atoms with Gasteiger partial charge in [0.25, 0.3) is 0 Å². The predicted molar refractivity (Wildman–Crippen MR) is 66.0 cm³/mol. The van der Waals surface area contributed by atoms with Gasteiger partial charge < -0.3 is 5.32 Å². The molecule has 0 unspecified atom stereocenters. The lowest BCUT2D eigenvalue weighted by molar-refractivity contribution is 1.01. The van der Waals surface area contributed by atoms with Crippen LogP contribution in [-0.4, -0.2) is 15.0 Å². The Kier molecular flexibility index (Phi) is 3.36. The number of hydrogen-bond acceptors (Lipinski definition) is 5. The van der Waals surface area contributed by atoms with Crippen LogP contribution in [0.25, 0.3) is 0 Å². The molecule has 0 radical (unpaired) electrons. The summed E-state index contributed by atoms with van der Waals surface area (Å²) in [6.07, 6.45) is 1.84. The van der Waals surface area contributed by atoms with Crippen LogP contribution in [0.4, 0.5) is 5.82 Å². The SMILES string of the molecule is Cc1nc(Cl)c(C)c(NCc2cncs2)n1. The minimum absolute atomic E-state index is 0.499. The lowest BCUT2D eigenvalue weighted by atomic mass is 10.3. The zero-order chi connectivity index (χ0) is 11.5. The van der Waals surface area contributed by atoms with Crippen LogP contribution in [0.2, 0.25) is 5.15 Å². The van der Waals surface area contributed by atoms with Gasteiger partial charge in [-0.3, -0.25) is 4.98 Å². The first-order valence-corrected chi connectivity index (χ1v) is 6.04. The number of halogens is 1. The molecule has 0 fully saturated rings. The molecule has 16 heavy (non-hydrogen) atoms. The zero-order valence-corrected chi connectivity index (χ0v) is 10.6. The molecule has 0 aliphatic rings. The number of nitrogens with one attached hydrogen (secondary N) is 1. The van der Waals surface area contributed by atoms with Gasteiger partial charge in [0.05, 0.1) is 12.1 Å². The van der Waals surface area contributed by atoms with Crippen LogP contribution in [0.1, 0.15) is 16.3 Å². The Labute approximate surface area is 103 Å². The molecule has 4 nitrogen and oxygen atoms in total. The highest BCUT2D eigenvalue weighted by Crippen LogP contribution is 2.20. The van der Waals surface area contributed by atoms with Crippen molar-refractivity contribution in [3.8, 4) is 0 Å². The molecular weight excluding hydrogens is 244 g/mol. The van der Waals surface area contributed by atoms with E-state index in [1.807, 2.05) is 25.6 Å². The van der Waals surface area contributed by atoms with Crippen LogP contribution in [0.5, 0.6) is 0 Å². The van der Waals surface area contributed by atoms with E-state index in [9.17, 15) is 0 Å². The minimum atomic E-state index is 0.499. The van der Waals surface area contributed by atoms with Gasteiger partial charge in [0.2, 0.25) is 0 Å². The van der Waals surface area contributed by atoms with Crippen molar-refractivity contribution in [3.05, 3.63) is 33.1 Å². The van der Waals surface area contributed by atoms with E-state index in [-0.39, 0.29) is 0 Å². The number of aryl methyl sites for hydroxylation is 1. The third-order valence-electron chi connectivity index (χ3n) is 2.11. The molecule has 0 saturated carbocycles. The van der Waals surface area contributed by atoms with Gasteiger partial charge in [-0.1, -0.05) is 11.6 Å². The highest BCUT2D eigenvalue weighted by atomic mass is 35.5. The second kappa shape index (κ2) is 4.76. The number of anilines is 1. The Morgan fingerprint density at radius 3 is 2.88 bits per heavy atom. The summed E-state index contributed by atoms with van der Waals surface area (Å²) in [5.41, 5.74) is 2.68. The van der Waals surface area contributed by atoms with Crippen LogP contribution in [0.3, 0.4) is 0 Å². The Balaban J connectivity index is 2.15. The molecule has 84 valence electrons. The molecule has 0 amide bonds. The van der Waals surface area contributed by atoms with Crippen molar-refractivity contribution in [2.75, 3.05) is 5.32 Å². The Morgan fingerprint density at radius 1 is 1.38 bits per heavy atom. The van der Waals surface area contributed by atoms with Gasteiger partial charge in [-0.25, -0.2) is 9.97 Å². The molecule has 0 spiro atoms. The normalized spacial score (nSPS) is 10.4. The molecule has 0 bridgehead atoms. The van der Waals surface area contributed by atoms with Crippen molar-refractivity contribution in [2.24, 2.45) is 0 Å². The maximum atomic E-state index is 5.98. The monoisotopic (exact) mass is 254 g/mol. The standard InChI is InChI=1S/C10H11ClN4S/c1-6-9(11)14-7(2)15-10(6)13-4-8-3-12-5-16-8/h3,5H,4H2,1-2H3,(H,13,14,15). The molecule has 1 N–H and O–H groups in total. The van der Waals surface area contributed by atoms with E-state index in [0.29, 0.717) is 17.5 Å². The van der Waals surface area contributed by atoms with Crippen molar-refractivity contribution in [1.82, 2.24) is 15.0 Å². The fraction of sp³-hybridized carbons (Fsp3) is 0.300. The van der Waals surface area contributed by atoms with E-state index in [1.165, 1.54) is 0 Å². The summed E-state index contributed by atoms with van der Waals surface area (Å²) < 4.78 is 0. The van der Waals surface area contributed by atoms with Crippen LogP contribution >= 0.6 is 22.9 Å². The second-order valence-corrected chi connectivity index (χ2v) is 4.69. The molecule has 2 heterocycles. The Bertz CT molecular complexity index is 484. The molecule has 0 atom stereocenters. The maximum absolute atomic E-state index is 5.98. The first kappa shape index (κ1) is 11.3. The van der Waals surface area contributed by atoms with Crippen LogP contribution in [0.15, 0.2) is 11.7 Å². The van der Waals surface area contributed by atoms with E-state index in [2.05, 4.69) is 20.3 Å². The minimum Gasteiger partial charge on any atom is -0.365 e. The second-order valence-electron chi connectivity index (χ2n) is 3.36. The first-order valence-electron chi connectivity index (χ1n) is 4.79. The quantitative estimate of drug-likeness (QED) is 0.856. The van der Waals surface area contributed by atoms with E-state index < -0.39 is 0 Å². The molecule has 2 rings (SSSR count). The van der Waals surface area contributed by atoms with Crippen molar-refractivity contribution in [1.29, 1.82) is 0 Å². The molecule has 0 aliphatic heterocycles. The number of rotatable bonds is 3. The fourth-order valence-electron chi connectivity index (χ4n) is 1.27. The van der Waals surface area contributed by atoms with Crippen molar-refractivity contribution < 1.29 is 0 Å². The van der Waals surface area contributed by atoms with Gasteiger partial charge in [-0.2, -0.15) is 0 Å². The summed E-state index contributed by atoms with van der Waals surface area (Å²) in [4.78, 5) is 13.6. The van der Waals surface area contributed by atoms with Crippen molar-refractivity contribution in [3.63, 3.8) is 0 Å². The van der Waals surface area contributed by atoms with Crippen molar-refractivity contribution in [2.45, 2.75) is 20.4 Å². The smallest absolute Gasteiger partial charge is 0.137 e. The molecule has 6 heteroatoms. The number of hydrogen-bond donors (Lipinski definition) is 1. The van der Waals surface area contributed by atoms with Gasteiger partial charge in [-0.15, -0.1) is 11.3 Å². The number of thiazole rings is 1. The molecule has 0 saturated heterocycles. The molecule has 0 aliphatic carbocycles. The van der Waals surface area contributed by atoms with Gasteiger partial charge in [-0.05, 0) is 13.8 Å². The lowest BCUT2D eigenvalue weighted by Crippen LogP contribution is -2.04. The Hall–Kier alpha value is -1.20. The van der Waals surface area contributed by atoms with E-state index in [0.717, 1.165) is 16.3 Å². The van der Waals surface area contributed by atoms with Crippen LogP contribution in [0, 0.1) is 13.8 Å². The highest BCUT2D eigenvalue weighted by molar-refractivity contribution is 7.09. The largest absolute Gasteiger partial charge is 0.365 e. The Morgan fingerprint density at radius 2 is 2.19 bits per heavy atom. The number of nitrogens with zero attached hydrogens (tertiary/aromatic N) is 3. The summed E-state index contributed by atoms with van der Waals surface area (Å²) >= 11 is 7.59.